The van der Waals surface area contributed by atoms with Crippen molar-refractivity contribution < 1.29 is 4.79 Å². The molecule has 0 saturated carbocycles. The van der Waals surface area contributed by atoms with Crippen LogP contribution in [0.4, 0.5) is 0 Å². The van der Waals surface area contributed by atoms with E-state index >= 15 is 0 Å². The number of hydrogen-bond acceptors (Lipinski definition) is 3. The fraction of sp³-hybridized carbons (Fsp3) is 0.235. The fourth-order valence-corrected chi connectivity index (χ4v) is 2.47. The van der Waals surface area contributed by atoms with Crippen molar-refractivity contribution in [1.29, 1.82) is 0 Å². The first-order valence-electron chi connectivity index (χ1n) is 7.38. The van der Waals surface area contributed by atoms with E-state index in [9.17, 15) is 4.79 Å². The molecule has 3 aromatic rings. The van der Waals surface area contributed by atoms with Gasteiger partial charge in [0.2, 0.25) is 0 Å². The number of fused-ring (bicyclic) bond motifs is 1. The number of nitrogens with one attached hydrogen (secondary N) is 2. The van der Waals surface area contributed by atoms with Gasteiger partial charge in [0.15, 0.2) is 5.82 Å². The molecule has 0 bridgehead atoms. The SMILES string of the molecule is Cc1nc(CCCNC(=O)c2cccc3ccccc23)n[nH]1. The van der Waals surface area contributed by atoms with Crippen molar-refractivity contribution in [2.75, 3.05) is 6.54 Å². The van der Waals surface area contributed by atoms with Crippen LogP contribution in [0.2, 0.25) is 0 Å². The summed E-state index contributed by atoms with van der Waals surface area (Å²) in [6.07, 6.45) is 1.56. The maximum Gasteiger partial charge on any atom is 0.251 e. The number of aromatic nitrogens is 3. The average Bonchev–Trinajstić information content (AvgIpc) is 2.96. The second-order valence-corrected chi connectivity index (χ2v) is 5.22. The molecule has 0 aliphatic carbocycles. The highest BCUT2D eigenvalue weighted by Gasteiger charge is 2.09. The normalized spacial score (nSPS) is 10.8. The first-order valence-corrected chi connectivity index (χ1v) is 7.38. The maximum atomic E-state index is 12.3. The van der Waals surface area contributed by atoms with Crippen LogP contribution in [0.15, 0.2) is 42.5 Å². The molecule has 0 saturated heterocycles. The number of rotatable bonds is 5. The second kappa shape index (κ2) is 6.39. The summed E-state index contributed by atoms with van der Waals surface area (Å²) in [6.45, 7) is 2.48. The van der Waals surface area contributed by atoms with Gasteiger partial charge in [-0.1, -0.05) is 36.4 Å². The lowest BCUT2D eigenvalue weighted by Crippen LogP contribution is -2.25. The number of aromatic amines is 1. The molecular formula is C17H18N4O. The lowest BCUT2D eigenvalue weighted by molar-refractivity contribution is 0.0955. The smallest absolute Gasteiger partial charge is 0.251 e. The highest BCUT2D eigenvalue weighted by molar-refractivity contribution is 6.06. The van der Waals surface area contributed by atoms with Gasteiger partial charge in [-0.2, -0.15) is 5.10 Å². The molecule has 1 heterocycles. The van der Waals surface area contributed by atoms with Gasteiger partial charge in [-0.05, 0) is 30.2 Å². The molecule has 112 valence electrons. The predicted octanol–water partition coefficient (Wildman–Crippen LogP) is 2.63. The van der Waals surface area contributed by atoms with Crippen LogP contribution in [0.1, 0.15) is 28.4 Å². The van der Waals surface area contributed by atoms with E-state index in [0.29, 0.717) is 12.1 Å². The van der Waals surface area contributed by atoms with Crippen LogP contribution in [0.25, 0.3) is 10.8 Å². The summed E-state index contributed by atoms with van der Waals surface area (Å²) < 4.78 is 0. The summed E-state index contributed by atoms with van der Waals surface area (Å²) in [7, 11) is 0. The molecule has 22 heavy (non-hydrogen) atoms. The predicted molar refractivity (Wildman–Crippen MR) is 85.7 cm³/mol. The molecule has 0 unspecified atom stereocenters. The van der Waals surface area contributed by atoms with Crippen molar-refractivity contribution in [2.24, 2.45) is 0 Å². The van der Waals surface area contributed by atoms with Crippen LogP contribution in [-0.4, -0.2) is 27.6 Å². The quantitative estimate of drug-likeness (QED) is 0.711. The van der Waals surface area contributed by atoms with E-state index < -0.39 is 0 Å². The van der Waals surface area contributed by atoms with E-state index in [2.05, 4.69) is 20.5 Å². The van der Waals surface area contributed by atoms with Gasteiger partial charge in [0.25, 0.3) is 5.91 Å². The van der Waals surface area contributed by atoms with Gasteiger partial charge >= 0.3 is 0 Å². The molecule has 0 aliphatic rings. The highest BCUT2D eigenvalue weighted by Crippen LogP contribution is 2.18. The summed E-state index contributed by atoms with van der Waals surface area (Å²) in [4.78, 5) is 16.6. The molecule has 0 atom stereocenters. The number of carbonyl (C=O) groups excluding carboxylic acids is 1. The molecule has 5 nitrogen and oxygen atoms in total. The molecule has 0 fully saturated rings. The molecule has 0 aliphatic heterocycles. The van der Waals surface area contributed by atoms with Crippen molar-refractivity contribution in [3.05, 3.63) is 59.7 Å². The third-order valence-corrected chi connectivity index (χ3v) is 3.54. The molecule has 1 amide bonds. The largest absolute Gasteiger partial charge is 0.352 e. The van der Waals surface area contributed by atoms with Crippen LogP contribution in [0, 0.1) is 6.92 Å². The van der Waals surface area contributed by atoms with Crippen LogP contribution >= 0.6 is 0 Å². The van der Waals surface area contributed by atoms with E-state index in [1.807, 2.05) is 49.4 Å². The Morgan fingerprint density at radius 2 is 2.00 bits per heavy atom. The summed E-state index contributed by atoms with van der Waals surface area (Å²) in [5.74, 6) is 1.56. The van der Waals surface area contributed by atoms with Gasteiger partial charge in [-0.25, -0.2) is 4.98 Å². The third-order valence-electron chi connectivity index (χ3n) is 3.54. The molecule has 2 aromatic carbocycles. The van der Waals surface area contributed by atoms with Gasteiger partial charge in [0.1, 0.15) is 5.82 Å². The van der Waals surface area contributed by atoms with Crippen LogP contribution in [0.3, 0.4) is 0 Å². The number of H-pyrrole nitrogens is 1. The minimum absolute atomic E-state index is 0.0389. The first-order chi connectivity index (χ1) is 10.7. The van der Waals surface area contributed by atoms with Crippen molar-refractivity contribution in [1.82, 2.24) is 20.5 Å². The Hall–Kier alpha value is -2.69. The second-order valence-electron chi connectivity index (χ2n) is 5.22. The Bertz CT molecular complexity index is 789. The van der Waals surface area contributed by atoms with E-state index in [-0.39, 0.29) is 5.91 Å². The number of carbonyl (C=O) groups is 1. The van der Waals surface area contributed by atoms with Gasteiger partial charge in [-0.3, -0.25) is 9.89 Å². The summed E-state index contributed by atoms with van der Waals surface area (Å²) >= 11 is 0. The lowest BCUT2D eigenvalue weighted by atomic mass is 10.0. The zero-order chi connectivity index (χ0) is 15.4. The lowest BCUT2D eigenvalue weighted by Gasteiger charge is -2.07. The van der Waals surface area contributed by atoms with Crippen LogP contribution in [0.5, 0.6) is 0 Å². The average molecular weight is 294 g/mol. The molecule has 1 aromatic heterocycles. The number of amides is 1. The monoisotopic (exact) mass is 294 g/mol. The molecule has 3 rings (SSSR count). The van der Waals surface area contributed by atoms with Crippen molar-refractivity contribution >= 4 is 16.7 Å². The highest BCUT2D eigenvalue weighted by atomic mass is 16.1. The molecule has 5 heteroatoms. The number of benzene rings is 2. The minimum atomic E-state index is -0.0389. The minimum Gasteiger partial charge on any atom is -0.352 e. The van der Waals surface area contributed by atoms with Gasteiger partial charge in [0, 0.05) is 18.5 Å². The van der Waals surface area contributed by atoms with E-state index in [1.54, 1.807) is 0 Å². The zero-order valence-electron chi connectivity index (χ0n) is 12.5. The van der Waals surface area contributed by atoms with Crippen molar-refractivity contribution in [3.63, 3.8) is 0 Å². The van der Waals surface area contributed by atoms with E-state index in [0.717, 1.165) is 35.3 Å². The summed E-state index contributed by atoms with van der Waals surface area (Å²) in [6, 6.07) is 13.7. The maximum absolute atomic E-state index is 12.3. The topological polar surface area (TPSA) is 70.7 Å². The summed E-state index contributed by atoms with van der Waals surface area (Å²) in [5, 5.41) is 11.9. The number of hydrogen-bond donors (Lipinski definition) is 2. The molecule has 0 radical (unpaired) electrons. The van der Waals surface area contributed by atoms with Gasteiger partial charge in [-0.15, -0.1) is 0 Å². The van der Waals surface area contributed by atoms with E-state index in [4.69, 9.17) is 0 Å². The van der Waals surface area contributed by atoms with Gasteiger partial charge in [0.05, 0.1) is 0 Å². The Kier molecular flexibility index (Phi) is 4.14. The zero-order valence-corrected chi connectivity index (χ0v) is 12.5. The van der Waals surface area contributed by atoms with Crippen molar-refractivity contribution in [2.45, 2.75) is 19.8 Å². The van der Waals surface area contributed by atoms with E-state index in [1.165, 1.54) is 0 Å². The van der Waals surface area contributed by atoms with Crippen LogP contribution in [-0.2, 0) is 6.42 Å². The Morgan fingerprint density at radius 3 is 2.82 bits per heavy atom. The Morgan fingerprint density at radius 1 is 1.18 bits per heavy atom. The third kappa shape index (κ3) is 3.14. The first kappa shape index (κ1) is 14.3. The molecule has 2 N–H and O–H groups in total. The molecular weight excluding hydrogens is 276 g/mol. The van der Waals surface area contributed by atoms with Gasteiger partial charge < -0.3 is 5.32 Å². The number of aryl methyl sites for hydroxylation is 2. The van der Waals surface area contributed by atoms with Crippen LogP contribution < -0.4 is 5.32 Å². The number of nitrogens with zero attached hydrogens (tertiary/aromatic N) is 2. The fourth-order valence-electron chi connectivity index (χ4n) is 2.47. The Balaban J connectivity index is 1.59. The van der Waals surface area contributed by atoms with Crippen molar-refractivity contribution in [3.8, 4) is 0 Å². The Labute approximate surface area is 128 Å². The molecule has 0 spiro atoms. The summed E-state index contributed by atoms with van der Waals surface area (Å²) in [5.41, 5.74) is 0.715. The standard InChI is InChI=1S/C17H18N4O/c1-12-19-16(21-20-12)10-5-11-18-17(22)15-9-4-7-13-6-2-3-8-14(13)15/h2-4,6-9H,5,10-11H2,1H3,(H,18,22)(H,19,20,21).